The molecule has 1 rings (SSSR count). The third-order valence-electron chi connectivity index (χ3n) is 3.64. The van der Waals surface area contributed by atoms with E-state index in [1.54, 1.807) is 0 Å². The zero-order valence-electron chi connectivity index (χ0n) is 13.1. The van der Waals surface area contributed by atoms with E-state index in [-0.39, 0.29) is 6.04 Å². The second-order valence-electron chi connectivity index (χ2n) is 5.32. The summed E-state index contributed by atoms with van der Waals surface area (Å²) in [6.45, 7) is 11.7. The molecule has 0 saturated heterocycles. The summed E-state index contributed by atoms with van der Waals surface area (Å²) < 4.78 is 12.3. The molecule has 114 valence electrons. The van der Waals surface area contributed by atoms with Crippen LogP contribution in [0.3, 0.4) is 0 Å². The molecule has 0 radical (unpaired) electrons. The van der Waals surface area contributed by atoms with E-state index >= 15 is 0 Å². The Hall–Kier alpha value is -0.740. The summed E-state index contributed by atoms with van der Waals surface area (Å²) in [5, 5.41) is 0. The maximum atomic E-state index is 6.40. The Balaban J connectivity index is 3.17. The number of halogens is 1. The maximum Gasteiger partial charge on any atom is 0.162 e. The van der Waals surface area contributed by atoms with Crippen LogP contribution >= 0.6 is 15.9 Å². The molecule has 0 aliphatic rings. The molecule has 0 aliphatic heterocycles. The van der Waals surface area contributed by atoms with Crippen LogP contribution in [0.25, 0.3) is 0 Å². The second kappa shape index (κ2) is 7.89. The van der Waals surface area contributed by atoms with Gasteiger partial charge in [0.2, 0.25) is 0 Å². The van der Waals surface area contributed by atoms with Crippen molar-refractivity contribution in [2.45, 2.75) is 40.7 Å². The summed E-state index contributed by atoms with van der Waals surface area (Å²) >= 11 is 3.60. The van der Waals surface area contributed by atoms with E-state index < -0.39 is 0 Å². The molecular formula is C16H26BrNO2. The maximum absolute atomic E-state index is 6.40. The fraction of sp³-hybridized carbons (Fsp3) is 0.625. The van der Waals surface area contributed by atoms with Crippen molar-refractivity contribution in [1.82, 2.24) is 0 Å². The molecule has 0 fully saturated rings. The van der Waals surface area contributed by atoms with Crippen molar-refractivity contribution in [3.05, 3.63) is 22.2 Å². The van der Waals surface area contributed by atoms with E-state index in [4.69, 9.17) is 15.2 Å². The van der Waals surface area contributed by atoms with Crippen molar-refractivity contribution < 1.29 is 9.47 Å². The lowest BCUT2D eigenvalue weighted by Crippen LogP contribution is -2.23. The Labute approximate surface area is 131 Å². The van der Waals surface area contributed by atoms with Gasteiger partial charge in [-0.2, -0.15) is 0 Å². The van der Waals surface area contributed by atoms with E-state index in [0.717, 1.165) is 21.5 Å². The number of hydrogen-bond donors (Lipinski definition) is 1. The van der Waals surface area contributed by atoms with Gasteiger partial charge in [0.1, 0.15) is 0 Å². The van der Waals surface area contributed by atoms with Crippen molar-refractivity contribution in [1.29, 1.82) is 0 Å². The van der Waals surface area contributed by atoms with Crippen molar-refractivity contribution in [3.8, 4) is 11.5 Å². The van der Waals surface area contributed by atoms with Crippen LogP contribution in [-0.2, 0) is 0 Å². The molecule has 2 atom stereocenters. The van der Waals surface area contributed by atoms with Gasteiger partial charge in [0, 0.05) is 10.5 Å². The molecule has 20 heavy (non-hydrogen) atoms. The van der Waals surface area contributed by atoms with Gasteiger partial charge in [-0.25, -0.2) is 0 Å². The quantitative estimate of drug-likeness (QED) is 0.790. The Morgan fingerprint density at radius 1 is 1.05 bits per heavy atom. The first kappa shape index (κ1) is 17.3. The minimum Gasteiger partial charge on any atom is -0.490 e. The van der Waals surface area contributed by atoms with Crippen LogP contribution in [0.15, 0.2) is 16.6 Å². The third kappa shape index (κ3) is 4.13. The van der Waals surface area contributed by atoms with Gasteiger partial charge in [-0.15, -0.1) is 0 Å². The Kier molecular flexibility index (Phi) is 6.83. The average Bonchev–Trinajstić information content (AvgIpc) is 2.40. The zero-order valence-corrected chi connectivity index (χ0v) is 14.7. The lowest BCUT2D eigenvalue weighted by molar-refractivity contribution is 0.286. The lowest BCUT2D eigenvalue weighted by Gasteiger charge is -2.25. The van der Waals surface area contributed by atoms with Crippen LogP contribution in [-0.4, -0.2) is 13.2 Å². The molecule has 2 unspecified atom stereocenters. The monoisotopic (exact) mass is 343 g/mol. The first-order valence-electron chi connectivity index (χ1n) is 7.26. The Morgan fingerprint density at radius 3 is 2.00 bits per heavy atom. The largest absolute Gasteiger partial charge is 0.490 e. The van der Waals surface area contributed by atoms with Gasteiger partial charge in [-0.1, -0.05) is 36.7 Å². The fourth-order valence-electron chi connectivity index (χ4n) is 2.04. The molecule has 0 saturated carbocycles. The topological polar surface area (TPSA) is 44.5 Å². The minimum absolute atomic E-state index is 0.0285. The molecule has 2 N–H and O–H groups in total. The molecular weight excluding hydrogens is 318 g/mol. The van der Waals surface area contributed by atoms with Crippen molar-refractivity contribution in [2.24, 2.45) is 17.6 Å². The summed E-state index contributed by atoms with van der Waals surface area (Å²) in [6.07, 6.45) is 0. The molecule has 1 aromatic carbocycles. The highest BCUT2D eigenvalue weighted by atomic mass is 79.9. The highest BCUT2D eigenvalue weighted by molar-refractivity contribution is 9.10. The Bertz CT molecular complexity index is 435. The van der Waals surface area contributed by atoms with Crippen LogP contribution in [0.2, 0.25) is 0 Å². The zero-order chi connectivity index (χ0) is 15.3. The first-order chi connectivity index (χ1) is 9.42. The molecule has 0 spiro atoms. The third-order valence-corrected chi connectivity index (χ3v) is 4.33. The fourth-order valence-corrected chi connectivity index (χ4v) is 2.63. The summed E-state index contributed by atoms with van der Waals surface area (Å²) in [4.78, 5) is 0. The van der Waals surface area contributed by atoms with Crippen LogP contribution in [0.4, 0.5) is 0 Å². The van der Waals surface area contributed by atoms with Crippen molar-refractivity contribution in [2.75, 3.05) is 13.2 Å². The van der Waals surface area contributed by atoms with Gasteiger partial charge in [0.25, 0.3) is 0 Å². The highest BCUT2D eigenvalue weighted by Crippen LogP contribution is 2.38. The van der Waals surface area contributed by atoms with Gasteiger partial charge in [0.05, 0.1) is 13.2 Å². The summed E-state index contributed by atoms with van der Waals surface area (Å²) in [5.74, 6) is 2.44. The molecule has 0 aliphatic carbocycles. The first-order valence-corrected chi connectivity index (χ1v) is 8.06. The molecule has 0 heterocycles. The second-order valence-corrected chi connectivity index (χ2v) is 6.17. The van der Waals surface area contributed by atoms with Crippen molar-refractivity contribution >= 4 is 15.9 Å². The SMILES string of the molecule is CCOc1cc(Br)c(C(N)C(C)C(C)C)cc1OCC. The predicted octanol–water partition coefficient (Wildman–Crippen LogP) is 4.54. The van der Waals surface area contributed by atoms with E-state index in [1.807, 2.05) is 26.0 Å². The van der Waals surface area contributed by atoms with Gasteiger partial charge in [0.15, 0.2) is 11.5 Å². The average molecular weight is 344 g/mol. The summed E-state index contributed by atoms with van der Waals surface area (Å²) in [7, 11) is 0. The molecule has 0 amide bonds. The highest BCUT2D eigenvalue weighted by Gasteiger charge is 2.22. The van der Waals surface area contributed by atoms with Crippen LogP contribution < -0.4 is 15.2 Å². The van der Waals surface area contributed by atoms with Gasteiger partial charge in [-0.3, -0.25) is 0 Å². The molecule has 3 nitrogen and oxygen atoms in total. The van der Waals surface area contributed by atoms with Crippen molar-refractivity contribution in [3.63, 3.8) is 0 Å². The minimum atomic E-state index is -0.0285. The summed E-state index contributed by atoms with van der Waals surface area (Å²) in [6, 6.07) is 3.93. The number of rotatable bonds is 7. The molecule has 1 aromatic rings. The molecule has 4 heteroatoms. The number of hydrogen-bond acceptors (Lipinski definition) is 3. The number of nitrogens with two attached hydrogens (primary N) is 1. The van der Waals surface area contributed by atoms with E-state index in [9.17, 15) is 0 Å². The summed E-state index contributed by atoms with van der Waals surface area (Å²) in [5.41, 5.74) is 7.47. The smallest absolute Gasteiger partial charge is 0.162 e. The Morgan fingerprint density at radius 2 is 1.55 bits per heavy atom. The van der Waals surface area contributed by atoms with Crippen LogP contribution in [0.5, 0.6) is 11.5 Å². The molecule has 0 bridgehead atoms. The van der Waals surface area contributed by atoms with Gasteiger partial charge >= 0.3 is 0 Å². The lowest BCUT2D eigenvalue weighted by atomic mass is 9.86. The standard InChI is InChI=1S/C16H26BrNO2/c1-6-19-14-8-12(16(18)11(5)10(3)4)13(17)9-15(14)20-7-2/h8-11,16H,6-7,18H2,1-5H3. The van der Waals surface area contributed by atoms with E-state index in [2.05, 4.69) is 36.7 Å². The van der Waals surface area contributed by atoms with Gasteiger partial charge in [-0.05, 0) is 43.4 Å². The normalized spacial score (nSPS) is 14.2. The molecule has 0 aromatic heterocycles. The number of ether oxygens (including phenoxy) is 2. The van der Waals surface area contributed by atoms with Crippen LogP contribution in [0.1, 0.15) is 46.2 Å². The van der Waals surface area contributed by atoms with E-state index in [0.29, 0.717) is 25.0 Å². The van der Waals surface area contributed by atoms with Crippen LogP contribution in [0, 0.1) is 11.8 Å². The number of benzene rings is 1. The van der Waals surface area contributed by atoms with Gasteiger partial charge < -0.3 is 15.2 Å². The predicted molar refractivity (Wildman–Crippen MR) is 87.4 cm³/mol. The van der Waals surface area contributed by atoms with E-state index in [1.165, 1.54) is 0 Å².